The average Bonchev–Trinajstić information content (AvgIpc) is 2.35. The van der Waals surface area contributed by atoms with Crippen LogP contribution in [0.4, 0.5) is 17.6 Å². The summed E-state index contributed by atoms with van der Waals surface area (Å²) in [7, 11) is 0. The second kappa shape index (κ2) is 8.55. The highest BCUT2D eigenvalue weighted by molar-refractivity contribution is 5.85. The number of aliphatic hydroxyl groups is 1. The van der Waals surface area contributed by atoms with Crippen molar-refractivity contribution < 1.29 is 27.4 Å². The highest BCUT2D eigenvalue weighted by Crippen LogP contribution is 2.28. The van der Waals surface area contributed by atoms with Gasteiger partial charge in [-0.25, -0.2) is 4.39 Å². The van der Waals surface area contributed by atoms with Crippen LogP contribution in [0.3, 0.4) is 0 Å². The molecule has 1 rings (SSSR count). The standard InChI is InChI=1S/C14H19F4NO2.ClH/c1-8(2)3-6-12(20)13(19)10-7-9(4-5-11(10)15)21-14(16,17)18;/h4-5,7-8,12-13,20H,3,6,19H2,1-2H3;1H/t12-,13+;/m0./s1. The second-order valence-electron chi connectivity index (χ2n) is 5.30. The molecule has 22 heavy (non-hydrogen) atoms. The van der Waals surface area contributed by atoms with Crippen LogP contribution in [0.2, 0.25) is 0 Å². The smallest absolute Gasteiger partial charge is 0.406 e. The molecule has 0 aliphatic carbocycles. The molecule has 1 aromatic carbocycles. The van der Waals surface area contributed by atoms with E-state index in [0.29, 0.717) is 18.8 Å². The van der Waals surface area contributed by atoms with E-state index in [9.17, 15) is 22.7 Å². The molecule has 0 aliphatic heterocycles. The molecular formula is C14H20ClF4NO2. The maximum absolute atomic E-state index is 13.7. The van der Waals surface area contributed by atoms with Crippen LogP contribution in [0.15, 0.2) is 18.2 Å². The van der Waals surface area contributed by atoms with Gasteiger partial charge in [-0.2, -0.15) is 0 Å². The Balaban J connectivity index is 0.00000441. The Kier molecular flexibility index (Phi) is 8.14. The fourth-order valence-corrected chi connectivity index (χ4v) is 1.87. The molecule has 0 saturated carbocycles. The van der Waals surface area contributed by atoms with Crippen LogP contribution in [0.1, 0.15) is 38.3 Å². The molecule has 0 amide bonds. The molecule has 3 nitrogen and oxygen atoms in total. The van der Waals surface area contributed by atoms with E-state index in [0.717, 1.165) is 18.2 Å². The Hall–Kier alpha value is -1.05. The molecule has 8 heteroatoms. The number of halogens is 5. The lowest BCUT2D eigenvalue weighted by atomic mass is 9.95. The summed E-state index contributed by atoms with van der Waals surface area (Å²) in [6, 6.07) is 1.46. The van der Waals surface area contributed by atoms with E-state index in [2.05, 4.69) is 4.74 Å². The number of benzene rings is 1. The molecule has 0 aliphatic rings. The van der Waals surface area contributed by atoms with Crippen molar-refractivity contribution in [3.63, 3.8) is 0 Å². The van der Waals surface area contributed by atoms with E-state index < -0.39 is 30.1 Å². The number of alkyl halides is 3. The molecule has 0 saturated heterocycles. The van der Waals surface area contributed by atoms with Crippen molar-refractivity contribution in [3.8, 4) is 5.75 Å². The molecule has 0 aromatic heterocycles. The van der Waals surface area contributed by atoms with Gasteiger partial charge < -0.3 is 15.6 Å². The van der Waals surface area contributed by atoms with Gasteiger partial charge in [0, 0.05) is 5.56 Å². The minimum absolute atomic E-state index is 0. The van der Waals surface area contributed by atoms with E-state index in [1.807, 2.05) is 13.8 Å². The maximum atomic E-state index is 13.7. The highest BCUT2D eigenvalue weighted by Gasteiger charge is 2.32. The minimum Gasteiger partial charge on any atom is -0.406 e. The largest absolute Gasteiger partial charge is 0.573 e. The van der Waals surface area contributed by atoms with Gasteiger partial charge in [-0.3, -0.25) is 0 Å². The molecule has 0 heterocycles. The Morgan fingerprint density at radius 1 is 1.23 bits per heavy atom. The van der Waals surface area contributed by atoms with Gasteiger partial charge in [0.15, 0.2) is 0 Å². The zero-order chi connectivity index (χ0) is 16.2. The molecular weight excluding hydrogens is 326 g/mol. The Morgan fingerprint density at radius 3 is 2.32 bits per heavy atom. The number of hydrogen-bond donors (Lipinski definition) is 2. The van der Waals surface area contributed by atoms with E-state index in [4.69, 9.17) is 5.73 Å². The summed E-state index contributed by atoms with van der Waals surface area (Å²) >= 11 is 0. The third kappa shape index (κ3) is 6.81. The number of ether oxygens (including phenoxy) is 1. The summed E-state index contributed by atoms with van der Waals surface area (Å²) in [5.41, 5.74) is 5.53. The Morgan fingerprint density at radius 2 is 1.82 bits per heavy atom. The van der Waals surface area contributed by atoms with Crippen molar-refractivity contribution in [3.05, 3.63) is 29.6 Å². The van der Waals surface area contributed by atoms with Gasteiger partial charge in [0.2, 0.25) is 0 Å². The van der Waals surface area contributed by atoms with Gasteiger partial charge in [-0.05, 0) is 37.0 Å². The van der Waals surface area contributed by atoms with Gasteiger partial charge in [-0.1, -0.05) is 13.8 Å². The maximum Gasteiger partial charge on any atom is 0.573 e. The van der Waals surface area contributed by atoms with Crippen LogP contribution in [0, 0.1) is 11.7 Å². The van der Waals surface area contributed by atoms with Crippen LogP contribution in [-0.2, 0) is 0 Å². The summed E-state index contributed by atoms with van der Waals surface area (Å²) < 4.78 is 53.8. The molecule has 0 radical (unpaired) electrons. The average molecular weight is 346 g/mol. The van der Waals surface area contributed by atoms with Crippen molar-refractivity contribution in [1.82, 2.24) is 0 Å². The van der Waals surface area contributed by atoms with Gasteiger partial charge in [-0.15, -0.1) is 25.6 Å². The van der Waals surface area contributed by atoms with Crippen molar-refractivity contribution >= 4 is 12.4 Å². The normalized spacial score (nSPS) is 14.4. The van der Waals surface area contributed by atoms with E-state index >= 15 is 0 Å². The number of rotatable bonds is 6. The van der Waals surface area contributed by atoms with Crippen LogP contribution in [-0.4, -0.2) is 17.6 Å². The number of nitrogens with two attached hydrogens (primary N) is 1. The Labute approximate surface area is 132 Å². The van der Waals surface area contributed by atoms with Crippen LogP contribution in [0.25, 0.3) is 0 Å². The predicted molar refractivity (Wildman–Crippen MR) is 77.3 cm³/mol. The first kappa shape index (κ1) is 20.9. The lowest BCUT2D eigenvalue weighted by Crippen LogP contribution is -2.27. The molecule has 0 fully saturated rings. The summed E-state index contributed by atoms with van der Waals surface area (Å²) in [5.74, 6) is -1.01. The fraction of sp³-hybridized carbons (Fsp3) is 0.571. The van der Waals surface area contributed by atoms with E-state index in [1.54, 1.807) is 0 Å². The van der Waals surface area contributed by atoms with Crippen molar-refractivity contribution in [2.24, 2.45) is 11.7 Å². The molecule has 0 spiro atoms. The second-order valence-corrected chi connectivity index (χ2v) is 5.30. The van der Waals surface area contributed by atoms with Gasteiger partial charge in [0.25, 0.3) is 0 Å². The SMILES string of the molecule is CC(C)CC[C@H](O)[C@H](N)c1cc(OC(F)(F)F)ccc1F.Cl. The zero-order valence-electron chi connectivity index (χ0n) is 12.2. The lowest BCUT2D eigenvalue weighted by molar-refractivity contribution is -0.274. The van der Waals surface area contributed by atoms with Crippen molar-refractivity contribution in [2.45, 2.75) is 45.2 Å². The predicted octanol–water partition coefficient (Wildman–Crippen LogP) is 3.94. The van der Waals surface area contributed by atoms with Gasteiger partial charge >= 0.3 is 6.36 Å². The van der Waals surface area contributed by atoms with Crippen LogP contribution in [0.5, 0.6) is 5.75 Å². The molecule has 0 bridgehead atoms. The third-order valence-corrected chi connectivity index (χ3v) is 3.01. The van der Waals surface area contributed by atoms with Crippen LogP contribution < -0.4 is 10.5 Å². The first-order chi connectivity index (χ1) is 9.60. The van der Waals surface area contributed by atoms with Gasteiger partial charge in [0.1, 0.15) is 11.6 Å². The quantitative estimate of drug-likeness (QED) is 0.768. The third-order valence-electron chi connectivity index (χ3n) is 3.01. The monoisotopic (exact) mass is 345 g/mol. The van der Waals surface area contributed by atoms with E-state index in [-0.39, 0.29) is 18.0 Å². The summed E-state index contributed by atoms with van der Waals surface area (Å²) in [4.78, 5) is 0. The number of hydrogen-bond acceptors (Lipinski definition) is 3. The summed E-state index contributed by atoms with van der Waals surface area (Å²) in [6.45, 7) is 3.91. The topological polar surface area (TPSA) is 55.5 Å². The zero-order valence-corrected chi connectivity index (χ0v) is 13.0. The van der Waals surface area contributed by atoms with Gasteiger partial charge in [0.05, 0.1) is 12.1 Å². The molecule has 0 unspecified atom stereocenters. The minimum atomic E-state index is -4.87. The van der Waals surface area contributed by atoms with Crippen molar-refractivity contribution in [1.29, 1.82) is 0 Å². The van der Waals surface area contributed by atoms with Crippen LogP contribution >= 0.6 is 12.4 Å². The van der Waals surface area contributed by atoms with Crippen molar-refractivity contribution in [2.75, 3.05) is 0 Å². The molecule has 128 valence electrons. The number of aliphatic hydroxyl groups excluding tert-OH is 1. The lowest BCUT2D eigenvalue weighted by Gasteiger charge is -2.21. The highest BCUT2D eigenvalue weighted by atomic mass is 35.5. The molecule has 1 aromatic rings. The molecule has 2 atom stereocenters. The fourth-order valence-electron chi connectivity index (χ4n) is 1.87. The Bertz CT molecular complexity index is 469. The first-order valence-electron chi connectivity index (χ1n) is 6.59. The molecule has 3 N–H and O–H groups in total. The first-order valence-corrected chi connectivity index (χ1v) is 6.59. The van der Waals surface area contributed by atoms with E-state index in [1.165, 1.54) is 0 Å². The summed E-state index contributed by atoms with van der Waals surface area (Å²) in [6.07, 6.45) is -4.89. The summed E-state index contributed by atoms with van der Waals surface area (Å²) in [5, 5.41) is 9.91.